The lowest BCUT2D eigenvalue weighted by Crippen LogP contribution is -2.15. The lowest BCUT2D eigenvalue weighted by atomic mass is 10.2. The first-order chi connectivity index (χ1) is 10.8. The highest BCUT2D eigenvalue weighted by Crippen LogP contribution is 2.30. The third-order valence-electron chi connectivity index (χ3n) is 3.59. The molecule has 23 heavy (non-hydrogen) atoms. The molecule has 0 saturated heterocycles. The Hall–Kier alpha value is -1.63. The Labute approximate surface area is 144 Å². The van der Waals surface area contributed by atoms with Gasteiger partial charge in [0.15, 0.2) is 0 Å². The van der Waals surface area contributed by atoms with Crippen LogP contribution in [0.15, 0.2) is 35.2 Å². The van der Waals surface area contributed by atoms with E-state index in [0.717, 1.165) is 20.8 Å². The molecule has 0 fully saturated rings. The SMILES string of the molecule is Cc1nc2cc(C)c(NS(=O)(=O)c3cccc(Cl)c3C)cc2s1. The Morgan fingerprint density at radius 3 is 2.65 bits per heavy atom. The molecule has 0 bridgehead atoms. The quantitative estimate of drug-likeness (QED) is 0.732. The summed E-state index contributed by atoms with van der Waals surface area (Å²) in [5.41, 5.74) is 2.80. The Morgan fingerprint density at radius 1 is 1.17 bits per heavy atom. The van der Waals surface area contributed by atoms with Gasteiger partial charge in [-0.1, -0.05) is 17.7 Å². The number of hydrogen-bond acceptors (Lipinski definition) is 4. The van der Waals surface area contributed by atoms with Gasteiger partial charge >= 0.3 is 0 Å². The molecule has 1 N–H and O–H groups in total. The second kappa shape index (κ2) is 5.78. The van der Waals surface area contributed by atoms with E-state index in [4.69, 9.17) is 11.6 Å². The average molecular weight is 367 g/mol. The van der Waals surface area contributed by atoms with E-state index in [0.29, 0.717) is 16.3 Å². The van der Waals surface area contributed by atoms with Gasteiger partial charge in [-0.25, -0.2) is 13.4 Å². The van der Waals surface area contributed by atoms with Gasteiger partial charge in [0.1, 0.15) is 0 Å². The number of benzene rings is 2. The average Bonchev–Trinajstić information content (AvgIpc) is 2.81. The number of sulfonamides is 1. The molecule has 1 heterocycles. The molecule has 3 rings (SSSR count). The minimum absolute atomic E-state index is 0.185. The summed E-state index contributed by atoms with van der Waals surface area (Å²) < 4.78 is 29.0. The van der Waals surface area contributed by atoms with Gasteiger partial charge in [0.25, 0.3) is 10.0 Å². The number of aromatic nitrogens is 1. The van der Waals surface area contributed by atoms with E-state index in [1.54, 1.807) is 25.1 Å². The summed E-state index contributed by atoms with van der Waals surface area (Å²) >= 11 is 7.57. The molecule has 0 aliphatic rings. The van der Waals surface area contributed by atoms with Crippen LogP contribution in [0, 0.1) is 20.8 Å². The van der Waals surface area contributed by atoms with Crippen LogP contribution in [0.1, 0.15) is 16.1 Å². The molecule has 120 valence electrons. The number of rotatable bonds is 3. The summed E-state index contributed by atoms with van der Waals surface area (Å²) in [6, 6.07) is 8.57. The summed E-state index contributed by atoms with van der Waals surface area (Å²) in [6.07, 6.45) is 0. The van der Waals surface area contributed by atoms with Crippen LogP contribution in [0.4, 0.5) is 5.69 Å². The van der Waals surface area contributed by atoms with Gasteiger partial charge in [0.2, 0.25) is 0 Å². The monoisotopic (exact) mass is 366 g/mol. The molecular weight excluding hydrogens is 352 g/mol. The molecule has 2 aromatic carbocycles. The van der Waals surface area contributed by atoms with Crippen molar-refractivity contribution in [1.82, 2.24) is 4.98 Å². The van der Waals surface area contributed by atoms with Crippen molar-refractivity contribution in [3.05, 3.63) is 51.5 Å². The van der Waals surface area contributed by atoms with Crippen molar-refractivity contribution in [2.24, 2.45) is 0 Å². The van der Waals surface area contributed by atoms with E-state index in [-0.39, 0.29) is 4.90 Å². The summed E-state index contributed by atoms with van der Waals surface area (Å²) in [7, 11) is -3.70. The molecule has 7 heteroatoms. The number of anilines is 1. The Morgan fingerprint density at radius 2 is 1.91 bits per heavy atom. The van der Waals surface area contributed by atoms with E-state index in [1.165, 1.54) is 11.3 Å². The smallest absolute Gasteiger partial charge is 0.262 e. The van der Waals surface area contributed by atoms with Gasteiger partial charge in [-0.3, -0.25) is 4.72 Å². The molecular formula is C16H15ClN2O2S2. The zero-order valence-electron chi connectivity index (χ0n) is 12.8. The summed E-state index contributed by atoms with van der Waals surface area (Å²) in [4.78, 5) is 4.60. The molecule has 0 unspecified atom stereocenters. The van der Waals surface area contributed by atoms with Crippen LogP contribution in [0.2, 0.25) is 5.02 Å². The van der Waals surface area contributed by atoms with Crippen molar-refractivity contribution < 1.29 is 8.42 Å². The highest BCUT2D eigenvalue weighted by molar-refractivity contribution is 7.92. The van der Waals surface area contributed by atoms with Gasteiger partial charge in [-0.15, -0.1) is 11.3 Å². The van der Waals surface area contributed by atoms with Crippen molar-refractivity contribution in [2.75, 3.05) is 4.72 Å². The zero-order valence-corrected chi connectivity index (χ0v) is 15.2. The van der Waals surface area contributed by atoms with Gasteiger partial charge in [-0.05, 0) is 56.2 Å². The second-order valence-corrected chi connectivity index (χ2v) is 8.63. The van der Waals surface area contributed by atoms with Crippen LogP contribution < -0.4 is 4.72 Å². The molecule has 1 aromatic heterocycles. The van der Waals surface area contributed by atoms with E-state index >= 15 is 0 Å². The molecule has 0 saturated carbocycles. The van der Waals surface area contributed by atoms with E-state index in [1.807, 2.05) is 26.0 Å². The van der Waals surface area contributed by atoms with E-state index < -0.39 is 10.0 Å². The van der Waals surface area contributed by atoms with Crippen molar-refractivity contribution in [2.45, 2.75) is 25.7 Å². The zero-order chi connectivity index (χ0) is 16.8. The highest BCUT2D eigenvalue weighted by atomic mass is 35.5. The first-order valence-corrected chi connectivity index (χ1v) is 9.61. The third-order valence-corrected chi connectivity index (χ3v) is 6.45. The van der Waals surface area contributed by atoms with Crippen molar-refractivity contribution in [1.29, 1.82) is 0 Å². The first-order valence-electron chi connectivity index (χ1n) is 6.93. The van der Waals surface area contributed by atoms with Crippen LogP contribution in [0.3, 0.4) is 0 Å². The van der Waals surface area contributed by atoms with E-state index in [9.17, 15) is 8.42 Å². The Bertz CT molecular complexity index is 1010. The minimum atomic E-state index is -3.70. The third kappa shape index (κ3) is 3.06. The molecule has 4 nitrogen and oxygen atoms in total. The molecule has 0 radical (unpaired) electrons. The maximum absolute atomic E-state index is 12.7. The fourth-order valence-electron chi connectivity index (χ4n) is 2.38. The molecule has 0 aliphatic heterocycles. The van der Waals surface area contributed by atoms with Crippen molar-refractivity contribution in [3.8, 4) is 0 Å². The molecule has 0 aliphatic carbocycles. The fourth-order valence-corrected chi connectivity index (χ4v) is 4.85. The van der Waals surface area contributed by atoms with Crippen LogP contribution in [0.25, 0.3) is 10.2 Å². The number of hydrogen-bond donors (Lipinski definition) is 1. The first kappa shape index (κ1) is 16.2. The van der Waals surface area contributed by atoms with Gasteiger partial charge in [0.05, 0.1) is 25.8 Å². The Kier molecular flexibility index (Phi) is 4.08. The van der Waals surface area contributed by atoms with Crippen LogP contribution in [-0.4, -0.2) is 13.4 Å². The van der Waals surface area contributed by atoms with Gasteiger partial charge < -0.3 is 0 Å². The lowest BCUT2D eigenvalue weighted by Gasteiger charge is -2.13. The van der Waals surface area contributed by atoms with Crippen molar-refractivity contribution in [3.63, 3.8) is 0 Å². The van der Waals surface area contributed by atoms with Crippen molar-refractivity contribution >= 4 is 48.9 Å². The van der Waals surface area contributed by atoms with Crippen LogP contribution >= 0.6 is 22.9 Å². The predicted molar refractivity (Wildman–Crippen MR) is 96.1 cm³/mol. The molecule has 0 amide bonds. The summed E-state index contributed by atoms with van der Waals surface area (Å²) in [6.45, 7) is 5.48. The van der Waals surface area contributed by atoms with Crippen LogP contribution in [-0.2, 0) is 10.0 Å². The predicted octanol–water partition coefficient (Wildman–Crippen LogP) is 4.68. The normalized spacial score (nSPS) is 11.8. The summed E-state index contributed by atoms with van der Waals surface area (Å²) in [5, 5.41) is 1.38. The second-order valence-electron chi connectivity index (χ2n) is 5.34. The van der Waals surface area contributed by atoms with Gasteiger partial charge in [-0.2, -0.15) is 0 Å². The Balaban J connectivity index is 2.06. The van der Waals surface area contributed by atoms with E-state index in [2.05, 4.69) is 9.71 Å². The maximum atomic E-state index is 12.7. The fraction of sp³-hybridized carbons (Fsp3) is 0.188. The molecule has 3 aromatic rings. The molecule has 0 atom stereocenters. The highest BCUT2D eigenvalue weighted by Gasteiger charge is 2.19. The standard InChI is InChI=1S/C16H15ClN2O2S2/c1-9-7-14-15(22-11(3)18-14)8-13(9)19-23(20,21)16-6-4-5-12(17)10(16)2/h4-8,19H,1-3H3. The molecule has 0 spiro atoms. The maximum Gasteiger partial charge on any atom is 0.262 e. The summed E-state index contributed by atoms with van der Waals surface area (Å²) in [5.74, 6) is 0. The van der Waals surface area contributed by atoms with Gasteiger partial charge in [0, 0.05) is 5.02 Å². The van der Waals surface area contributed by atoms with Crippen LogP contribution in [0.5, 0.6) is 0 Å². The number of nitrogens with one attached hydrogen (secondary N) is 1. The number of thiazole rings is 1. The number of aryl methyl sites for hydroxylation is 2. The lowest BCUT2D eigenvalue weighted by molar-refractivity contribution is 0.600. The number of halogens is 1. The topological polar surface area (TPSA) is 59.1 Å². The minimum Gasteiger partial charge on any atom is -0.279 e. The largest absolute Gasteiger partial charge is 0.279 e. The number of nitrogens with zero attached hydrogens (tertiary/aromatic N) is 1. The number of fused-ring (bicyclic) bond motifs is 1.